The number of halogens is 3. The van der Waals surface area contributed by atoms with E-state index < -0.39 is 23.4 Å². The van der Waals surface area contributed by atoms with Gasteiger partial charge in [-0.25, -0.2) is 14.6 Å². The minimum absolute atomic E-state index is 0.119. The standard InChI is InChI=1S/C22H22F3N5O3/c1-3-33-20(31)17-12-15(13-26)19(28-18(17)22(23,24)25)29-8-10-30(11-9-29)21(32)27-16-6-4-14(2)5-7-16/h4-7,12H,3,8-11H2,1-2H3,(H,27,32). The van der Waals surface area contributed by atoms with Crippen molar-refractivity contribution in [2.24, 2.45) is 0 Å². The number of anilines is 2. The number of aryl methyl sites for hydroxylation is 1. The van der Waals surface area contributed by atoms with Crippen LogP contribution in [0.15, 0.2) is 30.3 Å². The molecule has 0 spiro atoms. The Morgan fingerprint density at radius 1 is 1.18 bits per heavy atom. The molecule has 1 aromatic carbocycles. The maximum Gasteiger partial charge on any atom is 0.434 e. The van der Waals surface area contributed by atoms with E-state index >= 15 is 0 Å². The fourth-order valence-electron chi connectivity index (χ4n) is 3.37. The number of ether oxygens (including phenoxy) is 1. The summed E-state index contributed by atoms with van der Waals surface area (Å²) in [6, 6.07) is 9.61. The summed E-state index contributed by atoms with van der Waals surface area (Å²) < 4.78 is 45.5. The Labute approximate surface area is 188 Å². The fraction of sp³-hybridized carbons (Fsp3) is 0.364. The summed E-state index contributed by atoms with van der Waals surface area (Å²) in [4.78, 5) is 31.2. The fourth-order valence-corrected chi connectivity index (χ4v) is 3.37. The van der Waals surface area contributed by atoms with Crippen LogP contribution in [0.5, 0.6) is 0 Å². The van der Waals surface area contributed by atoms with Crippen LogP contribution in [0.3, 0.4) is 0 Å². The van der Waals surface area contributed by atoms with Crippen LogP contribution in [-0.2, 0) is 10.9 Å². The number of hydrogen-bond donors (Lipinski definition) is 1. The highest BCUT2D eigenvalue weighted by atomic mass is 19.4. The number of urea groups is 1. The number of amides is 2. The molecule has 0 bridgehead atoms. The molecule has 1 N–H and O–H groups in total. The minimum atomic E-state index is -4.92. The zero-order chi connectivity index (χ0) is 24.2. The highest BCUT2D eigenvalue weighted by molar-refractivity contribution is 5.92. The van der Waals surface area contributed by atoms with E-state index in [1.165, 1.54) is 16.7 Å². The SMILES string of the molecule is CCOC(=O)c1cc(C#N)c(N2CCN(C(=O)Nc3ccc(C)cc3)CC2)nc1C(F)(F)F. The number of rotatable bonds is 4. The van der Waals surface area contributed by atoms with Crippen molar-refractivity contribution in [3.8, 4) is 6.07 Å². The van der Waals surface area contributed by atoms with E-state index in [2.05, 4.69) is 10.3 Å². The van der Waals surface area contributed by atoms with E-state index in [-0.39, 0.29) is 50.2 Å². The first kappa shape index (κ1) is 23.8. The number of pyridine rings is 1. The van der Waals surface area contributed by atoms with Gasteiger partial charge in [-0.2, -0.15) is 18.4 Å². The Kier molecular flexibility index (Phi) is 7.06. The lowest BCUT2D eigenvalue weighted by Gasteiger charge is -2.36. The van der Waals surface area contributed by atoms with Gasteiger partial charge in [0.1, 0.15) is 11.9 Å². The van der Waals surface area contributed by atoms with Crippen LogP contribution >= 0.6 is 0 Å². The number of aromatic nitrogens is 1. The summed E-state index contributed by atoms with van der Waals surface area (Å²) in [6.45, 7) is 4.03. The zero-order valence-electron chi connectivity index (χ0n) is 18.1. The molecule has 1 aromatic heterocycles. The largest absolute Gasteiger partial charge is 0.462 e. The van der Waals surface area contributed by atoms with Crippen molar-refractivity contribution in [1.29, 1.82) is 5.26 Å². The second kappa shape index (κ2) is 9.77. The Morgan fingerprint density at radius 2 is 1.82 bits per heavy atom. The second-order valence-corrected chi connectivity index (χ2v) is 7.36. The molecule has 0 saturated carbocycles. The number of piperazine rings is 1. The van der Waals surface area contributed by atoms with Gasteiger partial charge in [0.15, 0.2) is 5.69 Å². The number of nitrogens with one attached hydrogen (secondary N) is 1. The molecule has 0 unspecified atom stereocenters. The molecule has 1 saturated heterocycles. The average molecular weight is 461 g/mol. The molecule has 174 valence electrons. The van der Waals surface area contributed by atoms with Gasteiger partial charge in [0.05, 0.1) is 17.7 Å². The topological polar surface area (TPSA) is 98.6 Å². The smallest absolute Gasteiger partial charge is 0.434 e. The Morgan fingerprint density at radius 3 is 2.36 bits per heavy atom. The predicted molar refractivity (Wildman–Crippen MR) is 114 cm³/mol. The molecule has 0 atom stereocenters. The van der Waals surface area contributed by atoms with Gasteiger partial charge in [-0.1, -0.05) is 17.7 Å². The molecule has 0 radical (unpaired) electrons. The van der Waals surface area contributed by atoms with E-state index in [1.807, 2.05) is 25.1 Å². The molecule has 8 nitrogen and oxygen atoms in total. The van der Waals surface area contributed by atoms with Crippen molar-refractivity contribution in [1.82, 2.24) is 9.88 Å². The van der Waals surface area contributed by atoms with E-state index in [0.717, 1.165) is 11.6 Å². The van der Waals surface area contributed by atoms with Gasteiger partial charge in [-0.3, -0.25) is 0 Å². The van der Waals surface area contributed by atoms with Gasteiger partial charge in [0.25, 0.3) is 0 Å². The molecule has 0 aliphatic carbocycles. The number of esters is 1. The predicted octanol–water partition coefficient (Wildman–Crippen LogP) is 3.81. The van der Waals surface area contributed by atoms with E-state index in [1.54, 1.807) is 12.1 Å². The van der Waals surface area contributed by atoms with Gasteiger partial charge in [0, 0.05) is 31.9 Å². The molecule has 2 heterocycles. The van der Waals surface area contributed by atoms with Gasteiger partial charge in [-0.15, -0.1) is 0 Å². The highest BCUT2D eigenvalue weighted by Gasteiger charge is 2.39. The van der Waals surface area contributed by atoms with Gasteiger partial charge >= 0.3 is 18.2 Å². The molecule has 33 heavy (non-hydrogen) atoms. The number of carbonyl (C=O) groups is 2. The summed E-state index contributed by atoms with van der Waals surface area (Å²) >= 11 is 0. The van der Waals surface area contributed by atoms with Gasteiger partial charge < -0.3 is 19.9 Å². The molecule has 1 aliphatic heterocycles. The Hall–Kier alpha value is -3.81. The number of hydrogen-bond acceptors (Lipinski definition) is 6. The van der Waals surface area contributed by atoms with Crippen LogP contribution in [0, 0.1) is 18.3 Å². The number of carbonyl (C=O) groups excluding carboxylic acids is 2. The molecule has 1 fully saturated rings. The minimum Gasteiger partial charge on any atom is -0.462 e. The first-order valence-electron chi connectivity index (χ1n) is 10.2. The first-order valence-corrected chi connectivity index (χ1v) is 10.2. The summed E-state index contributed by atoms with van der Waals surface area (Å²) in [6.07, 6.45) is -4.92. The molecule has 11 heteroatoms. The number of nitrogens with zero attached hydrogens (tertiary/aromatic N) is 4. The molecule has 2 amide bonds. The number of alkyl halides is 3. The van der Waals surface area contributed by atoms with Gasteiger partial charge in [-0.05, 0) is 32.0 Å². The van der Waals surface area contributed by atoms with Crippen molar-refractivity contribution in [3.05, 3.63) is 52.7 Å². The lowest BCUT2D eigenvalue weighted by molar-refractivity contribution is -0.141. The maximum atomic E-state index is 13.6. The van der Waals surface area contributed by atoms with Crippen LogP contribution in [0.4, 0.5) is 29.5 Å². The molecular weight excluding hydrogens is 439 g/mol. The van der Waals surface area contributed by atoms with Crippen LogP contribution in [0.2, 0.25) is 0 Å². The summed E-state index contributed by atoms with van der Waals surface area (Å²) in [7, 11) is 0. The first-order chi connectivity index (χ1) is 15.6. The van der Waals surface area contributed by atoms with E-state index in [9.17, 15) is 28.0 Å². The number of benzene rings is 1. The third-order valence-corrected chi connectivity index (χ3v) is 5.06. The molecule has 1 aliphatic rings. The van der Waals surface area contributed by atoms with Crippen molar-refractivity contribution in [2.45, 2.75) is 20.0 Å². The van der Waals surface area contributed by atoms with Crippen LogP contribution in [0.1, 0.15) is 34.1 Å². The van der Waals surface area contributed by atoms with Crippen molar-refractivity contribution >= 4 is 23.5 Å². The molecule has 3 rings (SSSR count). The summed E-state index contributed by atoms with van der Waals surface area (Å²) in [5.74, 6) is -1.38. The quantitative estimate of drug-likeness (QED) is 0.696. The van der Waals surface area contributed by atoms with Crippen molar-refractivity contribution < 1.29 is 27.5 Å². The lowest BCUT2D eigenvalue weighted by atomic mass is 10.1. The normalized spacial score (nSPS) is 13.9. The molecular formula is C22H22F3N5O3. The second-order valence-electron chi connectivity index (χ2n) is 7.36. The third-order valence-electron chi connectivity index (χ3n) is 5.06. The van der Waals surface area contributed by atoms with Gasteiger partial charge in [0.2, 0.25) is 0 Å². The average Bonchev–Trinajstić information content (AvgIpc) is 2.79. The zero-order valence-corrected chi connectivity index (χ0v) is 18.1. The number of nitriles is 1. The monoisotopic (exact) mass is 461 g/mol. The van der Waals surface area contributed by atoms with E-state index in [0.29, 0.717) is 5.69 Å². The van der Waals surface area contributed by atoms with Crippen LogP contribution in [-0.4, -0.2) is 54.7 Å². The Balaban J connectivity index is 1.78. The summed E-state index contributed by atoms with van der Waals surface area (Å²) in [5, 5.41) is 12.3. The van der Waals surface area contributed by atoms with Crippen molar-refractivity contribution in [3.63, 3.8) is 0 Å². The third kappa shape index (κ3) is 5.52. The summed E-state index contributed by atoms with van der Waals surface area (Å²) in [5.41, 5.74) is -0.709. The lowest BCUT2D eigenvalue weighted by Crippen LogP contribution is -2.50. The van der Waals surface area contributed by atoms with Crippen molar-refractivity contribution in [2.75, 3.05) is 43.0 Å². The highest BCUT2D eigenvalue weighted by Crippen LogP contribution is 2.34. The van der Waals surface area contributed by atoms with Crippen LogP contribution < -0.4 is 10.2 Å². The van der Waals surface area contributed by atoms with Crippen LogP contribution in [0.25, 0.3) is 0 Å². The maximum absolute atomic E-state index is 13.6. The Bertz CT molecular complexity index is 1070. The van der Waals surface area contributed by atoms with E-state index in [4.69, 9.17) is 4.74 Å². The molecule has 2 aromatic rings.